The standard InChI is InChI=1S/C26H21NO5/c28-24(29)14-15-27-25(30)22-9-5-4-8-21(22)23(26(27)31)16-18-10-12-20(13-11-18)32-17-19-6-2-1-3-7-19/h1-13,16H,14-15,17H2,(H,28,29)/b23-16+. The van der Waals surface area contributed by atoms with E-state index in [1.165, 1.54) is 0 Å². The van der Waals surface area contributed by atoms with Crippen LogP contribution < -0.4 is 4.74 Å². The molecule has 0 bridgehead atoms. The van der Waals surface area contributed by atoms with Gasteiger partial charge in [0.05, 0.1) is 6.42 Å². The number of fused-ring (bicyclic) bond motifs is 1. The molecule has 160 valence electrons. The van der Waals surface area contributed by atoms with Crippen molar-refractivity contribution in [3.8, 4) is 5.75 Å². The Hall–Kier alpha value is -4.19. The maximum absolute atomic E-state index is 13.1. The minimum atomic E-state index is -1.07. The van der Waals surface area contributed by atoms with Gasteiger partial charge < -0.3 is 9.84 Å². The van der Waals surface area contributed by atoms with Crippen molar-refractivity contribution in [2.24, 2.45) is 0 Å². The molecule has 3 aromatic rings. The molecule has 0 saturated carbocycles. The summed E-state index contributed by atoms with van der Waals surface area (Å²) in [7, 11) is 0. The highest BCUT2D eigenvalue weighted by Gasteiger charge is 2.34. The first-order chi connectivity index (χ1) is 15.5. The number of imide groups is 1. The van der Waals surface area contributed by atoms with E-state index in [0.717, 1.165) is 16.0 Å². The van der Waals surface area contributed by atoms with Gasteiger partial charge in [0, 0.05) is 17.7 Å². The van der Waals surface area contributed by atoms with Gasteiger partial charge in [-0.25, -0.2) is 0 Å². The predicted octanol–water partition coefficient (Wildman–Crippen LogP) is 4.26. The van der Waals surface area contributed by atoms with E-state index in [1.54, 1.807) is 30.3 Å². The van der Waals surface area contributed by atoms with Crippen molar-refractivity contribution < 1.29 is 24.2 Å². The normalized spacial score (nSPS) is 14.4. The monoisotopic (exact) mass is 427 g/mol. The third kappa shape index (κ3) is 4.59. The van der Waals surface area contributed by atoms with Gasteiger partial charge in [-0.2, -0.15) is 0 Å². The quantitative estimate of drug-likeness (QED) is 0.450. The van der Waals surface area contributed by atoms with Crippen molar-refractivity contribution in [1.29, 1.82) is 0 Å². The Morgan fingerprint density at radius 2 is 1.50 bits per heavy atom. The largest absolute Gasteiger partial charge is 0.489 e. The van der Waals surface area contributed by atoms with Crippen molar-refractivity contribution in [1.82, 2.24) is 4.90 Å². The van der Waals surface area contributed by atoms with E-state index in [1.807, 2.05) is 54.6 Å². The Bertz CT molecular complexity index is 1180. The molecular formula is C26H21NO5. The molecule has 32 heavy (non-hydrogen) atoms. The summed E-state index contributed by atoms with van der Waals surface area (Å²) in [6.45, 7) is 0.277. The van der Waals surface area contributed by atoms with Crippen LogP contribution in [-0.4, -0.2) is 34.3 Å². The highest BCUT2D eigenvalue weighted by Crippen LogP contribution is 2.30. The van der Waals surface area contributed by atoms with Gasteiger partial charge in [0.2, 0.25) is 0 Å². The first-order valence-corrected chi connectivity index (χ1v) is 10.2. The van der Waals surface area contributed by atoms with Gasteiger partial charge in [0.1, 0.15) is 12.4 Å². The van der Waals surface area contributed by atoms with E-state index < -0.39 is 17.8 Å². The number of hydrogen-bond donors (Lipinski definition) is 1. The van der Waals surface area contributed by atoms with Gasteiger partial charge in [0.25, 0.3) is 11.8 Å². The smallest absolute Gasteiger partial charge is 0.305 e. The third-order valence-corrected chi connectivity index (χ3v) is 5.16. The maximum atomic E-state index is 13.1. The summed E-state index contributed by atoms with van der Waals surface area (Å²) in [6.07, 6.45) is 1.41. The van der Waals surface area contributed by atoms with Crippen LogP contribution >= 0.6 is 0 Å². The number of rotatable bonds is 7. The maximum Gasteiger partial charge on any atom is 0.305 e. The Labute approximate surface area is 185 Å². The van der Waals surface area contributed by atoms with Crippen LogP contribution in [0.1, 0.15) is 33.5 Å². The number of amides is 2. The molecule has 1 aliphatic rings. The Balaban J connectivity index is 1.58. The molecule has 6 nitrogen and oxygen atoms in total. The fourth-order valence-corrected chi connectivity index (χ4v) is 3.52. The summed E-state index contributed by atoms with van der Waals surface area (Å²) in [5, 5.41) is 8.98. The molecule has 4 rings (SSSR count). The summed E-state index contributed by atoms with van der Waals surface area (Å²) in [5.74, 6) is -1.35. The van der Waals surface area contributed by atoms with Gasteiger partial charge in [-0.3, -0.25) is 19.3 Å². The van der Waals surface area contributed by atoms with Gasteiger partial charge in [-0.15, -0.1) is 0 Å². The van der Waals surface area contributed by atoms with Crippen LogP contribution in [0.25, 0.3) is 11.6 Å². The fourth-order valence-electron chi connectivity index (χ4n) is 3.52. The van der Waals surface area contributed by atoms with E-state index >= 15 is 0 Å². The second kappa shape index (κ2) is 9.31. The lowest BCUT2D eigenvalue weighted by molar-refractivity contribution is -0.137. The summed E-state index contributed by atoms with van der Waals surface area (Å²) >= 11 is 0. The lowest BCUT2D eigenvalue weighted by Gasteiger charge is -2.28. The Morgan fingerprint density at radius 3 is 2.19 bits per heavy atom. The van der Waals surface area contributed by atoms with Crippen LogP contribution in [0, 0.1) is 0 Å². The highest BCUT2D eigenvalue weighted by molar-refractivity contribution is 6.33. The van der Waals surface area contributed by atoms with Crippen LogP contribution in [0.5, 0.6) is 5.75 Å². The van der Waals surface area contributed by atoms with Crippen molar-refractivity contribution in [3.63, 3.8) is 0 Å². The van der Waals surface area contributed by atoms with Crippen molar-refractivity contribution in [3.05, 3.63) is 101 Å². The topological polar surface area (TPSA) is 83.9 Å². The van der Waals surface area contributed by atoms with E-state index in [9.17, 15) is 14.4 Å². The second-order valence-electron chi connectivity index (χ2n) is 7.35. The minimum absolute atomic E-state index is 0.176. The average molecular weight is 427 g/mol. The molecule has 0 saturated heterocycles. The van der Waals surface area contributed by atoms with Crippen LogP contribution in [0.4, 0.5) is 0 Å². The lowest BCUT2D eigenvalue weighted by atomic mass is 9.92. The molecule has 0 spiro atoms. The number of carbonyl (C=O) groups is 3. The molecule has 0 aromatic heterocycles. The molecule has 1 aliphatic heterocycles. The van der Waals surface area contributed by atoms with E-state index in [-0.39, 0.29) is 13.0 Å². The third-order valence-electron chi connectivity index (χ3n) is 5.16. The molecule has 0 unspecified atom stereocenters. The van der Waals surface area contributed by atoms with E-state index in [2.05, 4.69) is 0 Å². The van der Waals surface area contributed by atoms with Crippen LogP contribution in [0.3, 0.4) is 0 Å². The average Bonchev–Trinajstić information content (AvgIpc) is 2.81. The second-order valence-corrected chi connectivity index (χ2v) is 7.35. The Kier molecular flexibility index (Phi) is 6.12. The van der Waals surface area contributed by atoms with Gasteiger partial charge in [-0.1, -0.05) is 60.7 Å². The van der Waals surface area contributed by atoms with Gasteiger partial charge in [0.15, 0.2) is 0 Å². The van der Waals surface area contributed by atoms with E-state index in [0.29, 0.717) is 29.1 Å². The van der Waals surface area contributed by atoms with Gasteiger partial charge in [-0.05, 0) is 41.0 Å². The van der Waals surface area contributed by atoms with Crippen molar-refractivity contribution in [2.75, 3.05) is 6.54 Å². The zero-order chi connectivity index (χ0) is 22.5. The fraction of sp³-hybridized carbons (Fsp3) is 0.115. The summed E-state index contributed by atoms with van der Waals surface area (Å²) in [4.78, 5) is 37.8. The highest BCUT2D eigenvalue weighted by atomic mass is 16.5. The number of aliphatic carboxylic acids is 1. The zero-order valence-corrected chi connectivity index (χ0v) is 17.2. The number of ether oxygens (including phenoxy) is 1. The number of nitrogens with zero attached hydrogens (tertiary/aromatic N) is 1. The predicted molar refractivity (Wildman–Crippen MR) is 120 cm³/mol. The molecule has 1 heterocycles. The number of carboxylic acid groups (broad SMARTS) is 1. The Morgan fingerprint density at radius 1 is 0.844 bits per heavy atom. The molecule has 6 heteroatoms. The molecular weight excluding hydrogens is 406 g/mol. The summed E-state index contributed by atoms with van der Waals surface area (Å²) in [6, 6.07) is 24.0. The van der Waals surface area contributed by atoms with Crippen LogP contribution in [-0.2, 0) is 16.2 Å². The van der Waals surface area contributed by atoms with Gasteiger partial charge >= 0.3 is 5.97 Å². The van der Waals surface area contributed by atoms with Crippen molar-refractivity contribution in [2.45, 2.75) is 13.0 Å². The molecule has 1 N–H and O–H groups in total. The number of benzene rings is 3. The SMILES string of the molecule is O=C(O)CCN1C(=O)/C(=C/c2ccc(OCc3ccccc3)cc2)c2ccccc2C1=O. The first-order valence-electron chi connectivity index (χ1n) is 10.2. The van der Waals surface area contributed by atoms with Crippen LogP contribution in [0.2, 0.25) is 0 Å². The molecule has 0 radical (unpaired) electrons. The number of carboxylic acids is 1. The summed E-state index contributed by atoms with van der Waals surface area (Å²) in [5.41, 5.74) is 3.10. The zero-order valence-electron chi connectivity index (χ0n) is 17.2. The summed E-state index contributed by atoms with van der Waals surface area (Å²) < 4.78 is 5.80. The number of carbonyl (C=O) groups excluding carboxylic acids is 2. The molecule has 0 atom stereocenters. The molecule has 0 fully saturated rings. The minimum Gasteiger partial charge on any atom is -0.489 e. The lowest BCUT2D eigenvalue weighted by Crippen LogP contribution is -2.42. The molecule has 3 aromatic carbocycles. The number of hydrogen-bond acceptors (Lipinski definition) is 4. The van der Waals surface area contributed by atoms with E-state index in [4.69, 9.17) is 9.84 Å². The first kappa shape index (κ1) is 21.1. The van der Waals surface area contributed by atoms with Crippen LogP contribution in [0.15, 0.2) is 78.9 Å². The molecule has 0 aliphatic carbocycles. The van der Waals surface area contributed by atoms with Crippen molar-refractivity contribution >= 4 is 29.4 Å². The molecule has 2 amide bonds.